The Morgan fingerprint density at radius 3 is 3.00 bits per heavy atom. The van der Waals surface area contributed by atoms with Crippen molar-refractivity contribution in [1.29, 1.82) is 0 Å². The van der Waals surface area contributed by atoms with Crippen LogP contribution >= 0.6 is 23.1 Å². The molecule has 2 aromatic heterocycles. The number of hydrogen-bond acceptors (Lipinski definition) is 6. The number of rotatable bonds is 6. The molecule has 2 heterocycles. The number of carbonyl (C=O) groups excluding carboxylic acids is 1. The maximum Gasteiger partial charge on any atom is 0.316 e. The van der Waals surface area contributed by atoms with E-state index in [9.17, 15) is 9.59 Å². The summed E-state index contributed by atoms with van der Waals surface area (Å²) in [6.07, 6.45) is 4.62. The minimum Gasteiger partial charge on any atom is -0.462 e. The van der Waals surface area contributed by atoms with E-state index in [2.05, 4.69) is 11.6 Å². The van der Waals surface area contributed by atoms with Crippen LogP contribution < -0.4 is 5.56 Å². The molecule has 0 amide bonds. The molecule has 0 spiro atoms. The fraction of sp³-hybridized carbons (Fsp3) is 0.471. The summed E-state index contributed by atoms with van der Waals surface area (Å²) in [5.41, 5.74) is 1.14. The van der Waals surface area contributed by atoms with Crippen molar-refractivity contribution in [2.24, 2.45) is 0 Å². The number of allylic oxidation sites excluding steroid dienone is 1. The van der Waals surface area contributed by atoms with Crippen molar-refractivity contribution in [2.45, 2.75) is 50.9 Å². The molecule has 24 heavy (non-hydrogen) atoms. The van der Waals surface area contributed by atoms with E-state index in [-0.39, 0.29) is 23.4 Å². The number of thiophene rings is 1. The Morgan fingerprint density at radius 2 is 2.29 bits per heavy atom. The maximum absolute atomic E-state index is 12.9. The van der Waals surface area contributed by atoms with E-state index < -0.39 is 0 Å². The molecule has 7 heteroatoms. The van der Waals surface area contributed by atoms with Gasteiger partial charge in [0.2, 0.25) is 0 Å². The van der Waals surface area contributed by atoms with E-state index >= 15 is 0 Å². The molecule has 5 nitrogen and oxygen atoms in total. The fourth-order valence-electron chi connectivity index (χ4n) is 2.88. The number of aryl methyl sites for hydroxylation is 2. The third-order valence-corrected chi connectivity index (χ3v) is 5.92. The van der Waals surface area contributed by atoms with Gasteiger partial charge in [0.25, 0.3) is 5.56 Å². The average Bonchev–Trinajstić information content (AvgIpc) is 3.08. The lowest BCUT2D eigenvalue weighted by atomic mass is 10.2. The first kappa shape index (κ1) is 17.2. The Balaban J connectivity index is 1.97. The summed E-state index contributed by atoms with van der Waals surface area (Å²) < 4.78 is 6.75. The highest BCUT2D eigenvalue weighted by molar-refractivity contribution is 7.99. The molecule has 0 N–H and O–H groups in total. The van der Waals surface area contributed by atoms with Crippen LogP contribution in [-0.2, 0) is 28.9 Å². The second kappa shape index (κ2) is 7.11. The SMILES string of the molecule is C=CCn1c(SCC(=O)OC(C)C)nc2sc3c(c2c1=O)CCC3. The van der Waals surface area contributed by atoms with E-state index in [1.54, 1.807) is 22.0 Å². The third-order valence-electron chi connectivity index (χ3n) is 3.79. The number of carbonyl (C=O) groups is 1. The average molecular weight is 364 g/mol. The molecule has 1 aliphatic carbocycles. The number of aromatic nitrogens is 2. The van der Waals surface area contributed by atoms with Gasteiger partial charge in [0.1, 0.15) is 4.83 Å². The Kier molecular flexibility index (Phi) is 5.10. The summed E-state index contributed by atoms with van der Waals surface area (Å²) in [4.78, 5) is 31.4. The van der Waals surface area contributed by atoms with Gasteiger partial charge in [0.05, 0.1) is 17.2 Å². The molecule has 1 aliphatic rings. The first-order valence-electron chi connectivity index (χ1n) is 7.99. The molecule has 0 saturated heterocycles. The number of fused-ring (bicyclic) bond motifs is 3. The quantitative estimate of drug-likeness (QED) is 0.341. The van der Waals surface area contributed by atoms with Crippen LogP contribution in [-0.4, -0.2) is 27.4 Å². The van der Waals surface area contributed by atoms with Crippen LogP contribution in [0.1, 0.15) is 30.7 Å². The first-order valence-corrected chi connectivity index (χ1v) is 9.79. The lowest BCUT2D eigenvalue weighted by Gasteiger charge is -2.11. The van der Waals surface area contributed by atoms with Crippen LogP contribution in [0.5, 0.6) is 0 Å². The molecule has 2 aromatic rings. The molecule has 0 atom stereocenters. The molecule has 0 aromatic carbocycles. The largest absolute Gasteiger partial charge is 0.462 e. The van der Waals surface area contributed by atoms with Gasteiger partial charge in [-0.1, -0.05) is 17.8 Å². The zero-order chi connectivity index (χ0) is 17.3. The molecule has 0 radical (unpaired) electrons. The van der Waals surface area contributed by atoms with Crippen molar-refractivity contribution in [3.8, 4) is 0 Å². The maximum atomic E-state index is 12.9. The van der Waals surface area contributed by atoms with E-state index in [1.807, 2.05) is 13.8 Å². The number of nitrogens with zero attached hydrogens (tertiary/aromatic N) is 2. The van der Waals surface area contributed by atoms with Crippen LogP contribution in [0.25, 0.3) is 10.2 Å². The monoisotopic (exact) mass is 364 g/mol. The highest BCUT2D eigenvalue weighted by Crippen LogP contribution is 2.35. The zero-order valence-corrected chi connectivity index (χ0v) is 15.5. The first-order chi connectivity index (χ1) is 11.5. The van der Waals surface area contributed by atoms with Crippen LogP contribution in [0.15, 0.2) is 22.6 Å². The Bertz CT molecular complexity index is 852. The molecule has 0 bridgehead atoms. The molecule has 0 aliphatic heterocycles. The van der Waals surface area contributed by atoms with Crippen molar-refractivity contribution >= 4 is 39.3 Å². The number of thioether (sulfide) groups is 1. The Morgan fingerprint density at radius 1 is 1.50 bits per heavy atom. The minimum absolute atomic E-state index is 0.0287. The van der Waals surface area contributed by atoms with Gasteiger partial charge in [-0.05, 0) is 38.7 Å². The van der Waals surface area contributed by atoms with Gasteiger partial charge < -0.3 is 4.74 Å². The smallest absolute Gasteiger partial charge is 0.316 e. The second-order valence-electron chi connectivity index (χ2n) is 5.96. The zero-order valence-electron chi connectivity index (χ0n) is 13.8. The molecule has 128 valence electrons. The van der Waals surface area contributed by atoms with E-state index in [0.29, 0.717) is 11.7 Å². The molecule has 0 fully saturated rings. The lowest BCUT2D eigenvalue weighted by molar-refractivity contribution is -0.144. The second-order valence-corrected chi connectivity index (χ2v) is 7.99. The van der Waals surface area contributed by atoms with Gasteiger partial charge in [-0.3, -0.25) is 14.2 Å². The van der Waals surface area contributed by atoms with Gasteiger partial charge in [-0.15, -0.1) is 17.9 Å². The van der Waals surface area contributed by atoms with E-state index in [1.165, 1.54) is 22.2 Å². The van der Waals surface area contributed by atoms with Crippen LogP contribution in [0.2, 0.25) is 0 Å². The van der Waals surface area contributed by atoms with Gasteiger partial charge in [-0.25, -0.2) is 4.98 Å². The van der Waals surface area contributed by atoms with Crippen LogP contribution in [0, 0.1) is 0 Å². The van der Waals surface area contributed by atoms with Gasteiger partial charge in [-0.2, -0.15) is 0 Å². The van der Waals surface area contributed by atoms with Gasteiger partial charge in [0.15, 0.2) is 5.16 Å². The normalized spacial score (nSPS) is 13.5. The van der Waals surface area contributed by atoms with Crippen LogP contribution in [0.3, 0.4) is 0 Å². The highest BCUT2D eigenvalue weighted by Gasteiger charge is 2.23. The Labute approximate surface area is 148 Å². The predicted octanol–water partition coefficient (Wildman–Crippen LogP) is 3.18. The number of hydrogen-bond donors (Lipinski definition) is 0. The minimum atomic E-state index is -0.303. The Hall–Kier alpha value is -1.60. The van der Waals surface area contributed by atoms with E-state index in [0.717, 1.165) is 29.5 Å². The summed E-state index contributed by atoms with van der Waals surface area (Å²) in [6, 6.07) is 0. The summed E-state index contributed by atoms with van der Waals surface area (Å²) in [6.45, 7) is 7.74. The number of esters is 1. The van der Waals surface area contributed by atoms with Gasteiger partial charge >= 0.3 is 5.97 Å². The van der Waals surface area contributed by atoms with Crippen molar-refractivity contribution in [3.63, 3.8) is 0 Å². The topological polar surface area (TPSA) is 61.2 Å². The summed E-state index contributed by atoms with van der Waals surface area (Å²) in [5.74, 6) is -0.165. The lowest BCUT2D eigenvalue weighted by Crippen LogP contribution is -2.23. The number of ether oxygens (including phenoxy) is 1. The van der Waals surface area contributed by atoms with Crippen molar-refractivity contribution in [1.82, 2.24) is 9.55 Å². The molecule has 0 saturated carbocycles. The summed E-state index contributed by atoms with van der Waals surface area (Å²) >= 11 is 2.85. The molecular weight excluding hydrogens is 344 g/mol. The molecule has 0 unspecified atom stereocenters. The fourth-order valence-corrected chi connectivity index (χ4v) is 4.97. The molecule has 3 rings (SSSR count). The third kappa shape index (κ3) is 3.28. The summed E-state index contributed by atoms with van der Waals surface area (Å²) in [7, 11) is 0. The summed E-state index contributed by atoms with van der Waals surface area (Å²) in [5, 5.41) is 1.30. The van der Waals surface area contributed by atoms with Crippen molar-refractivity contribution in [2.75, 3.05) is 5.75 Å². The predicted molar refractivity (Wildman–Crippen MR) is 98.1 cm³/mol. The van der Waals surface area contributed by atoms with Crippen LogP contribution in [0.4, 0.5) is 0 Å². The van der Waals surface area contributed by atoms with Crippen molar-refractivity contribution < 1.29 is 9.53 Å². The van der Waals surface area contributed by atoms with Crippen molar-refractivity contribution in [3.05, 3.63) is 33.4 Å². The van der Waals surface area contributed by atoms with E-state index in [4.69, 9.17) is 4.74 Å². The molecular formula is C17H20N2O3S2. The van der Waals surface area contributed by atoms with Gasteiger partial charge in [0, 0.05) is 11.4 Å². The standard InChI is InChI=1S/C17H20N2O3S2/c1-4-8-19-16(21)14-11-6-5-7-12(11)24-15(14)18-17(19)23-9-13(20)22-10(2)3/h4,10H,1,5-9H2,2-3H3. The highest BCUT2D eigenvalue weighted by atomic mass is 32.2.